The molecule has 5 aromatic rings. The van der Waals surface area contributed by atoms with E-state index >= 15 is 0 Å². The van der Waals surface area contributed by atoms with Crippen molar-refractivity contribution in [2.75, 3.05) is 0 Å². The second-order valence-electron chi connectivity index (χ2n) is 7.18. The number of thioether (sulfide) groups is 1. The van der Waals surface area contributed by atoms with Crippen LogP contribution in [0.1, 0.15) is 11.1 Å². The van der Waals surface area contributed by atoms with Crippen LogP contribution in [0.5, 0.6) is 0 Å². The summed E-state index contributed by atoms with van der Waals surface area (Å²) >= 11 is 7.76. The number of hydrogen-bond acceptors (Lipinski definition) is 3. The molecule has 0 aliphatic heterocycles. The zero-order valence-corrected chi connectivity index (χ0v) is 17.8. The van der Waals surface area contributed by atoms with Crippen molar-refractivity contribution in [2.45, 2.75) is 17.8 Å². The van der Waals surface area contributed by atoms with Crippen LogP contribution < -0.4 is 5.56 Å². The number of hydrogen-bond donors (Lipinski definition) is 1. The summed E-state index contributed by atoms with van der Waals surface area (Å²) in [5.41, 5.74) is 5.05. The van der Waals surface area contributed by atoms with Crippen LogP contribution in [0.25, 0.3) is 27.6 Å². The van der Waals surface area contributed by atoms with Gasteiger partial charge in [-0.25, -0.2) is 4.98 Å². The molecule has 3 aromatic carbocycles. The van der Waals surface area contributed by atoms with Crippen molar-refractivity contribution in [2.24, 2.45) is 0 Å². The van der Waals surface area contributed by atoms with Crippen LogP contribution in [-0.4, -0.2) is 14.5 Å². The summed E-state index contributed by atoms with van der Waals surface area (Å²) in [5, 5.41) is 2.16. The van der Waals surface area contributed by atoms with E-state index < -0.39 is 0 Å². The van der Waals surface area contributed by atoms with Gasteiger partial charge in [-0.3, -0.25) is 9.36 Å². The molecule has 0 atom stereocenters. The van der Waals surface area contributed by atoms with E-state index in [-0.39, 0.29) is 5.56 Å². The fourth-order valence-electron chi connectivity index (χ4n) is 3.51. The zero-order chi connectivity index (χ0) is 20.7. The topological polar surface area (TPSA) is 50.7 Å². The van der Waals surface area contributed by atoms with E-state index in [9.17, 15) is 4.79 Å². The Kier molecular flexibility index (Phi) is 4.85. The van der Waals surface area contributed by atoms with Crippen molar-refractivity contribution in [1.82, 2.24) is 14.5 Å². The third kappa shape index (κ3) is 3.40. The smallest absolute Gasteiger partial charge is 0.283 e. The summed E-state index contributed by atoms with van der Waals surface area (Å²) in [7, 11) is 0. The lowest BCUT2D eigenvalue weighted by atomic mass is 10.2. The van der Waals surface area contributed by atoms with Crippen molar-refractivity contribution in [1.29, 1.82) is 0 Å². The number of benzene rings is 3. The summed E-state index contributed by atoms with van der Waals surface area (Å²) in [6.07, 6.45) is 0. The van der Waals surface area contributed by atoms with Gasteiger partial charge in [0.1, 0.15) is 11.0 Å². The Morgan fingerprint density at radius 1 is 1.03 bits per heavy atom. The molecule has 2 heterocycles. The van der Waals surface area contributed by atoms with Crippen molar-refractivity contribution >= 4 is 45.3 Å². The molecule has 0 aliphatic rings. The van der Waals surface area contributed by atoms with Crippen molar-refractivity contribution in [3.05, 3.63) is 99.3 Å². The van der Waals surface area contributed by atoms with Gasteiger partial charge in [-0.1, -0.05) is 77.5 Å². The van der Waals surface area contributed by atoms with Gasteiger partial charge in [0.25, 0.3) is 5.56 Å². The van der Waals surface area contributed by atoms with Gasteiger partial charge in [0.15, 0.2) is 5.16 Å². The summed E-state index contributed by atoms with van der Waals surface area (Å²) in [5.74, 6) is 0.709. The molecule has 0 radical (unpaired) electrons. The molecule has 0 aliphatic carbocycles. The van der Waals surface area contributed by atoms with E-state index in [1.807, 2.05) is 36.4 Å². The van der Waals surface area contributed by atoms with Gasteiger partial charge in [0.05, 0.1) is 5.69 Å². The first-order valence-electron chi connectivity index (χ1n) is 9.58. The number of halogens is 1. The van der Waals surface area contributed by atoms with Crippen LogP contribution in [0, 0.1) is 6.92 Å². The molecule has 148 valence electrons. The zero-order valence-electron chi connectivity index (χ0n) is 16.2. The minimum atomic E-state index is -0.134. The second kappa shape index (κ2) is 7.67. The Labute approximate surface area is 182 Å². The van der Waals surface area contributed by atoms with E-state index in [0.717, 1.165) is 10.9 Å². The Balaban J connectivity index is 1.71. The molecule has 0 saturated heterocycles. The third-order valence-electron chi connectivity index (χ3n) is 5.05. The number of aromatic nitrogens is 3. The molecule has 0 saturated carbocycles. The Bertz CT molecular complexity index is 1440. The van der Waals surface area contributed by atoms with Gasteiger partial charge >= 0.3 is 0 Å². The standard InChI is InChI=1S/C24H18ClN3OS/c1-15-9-11-16(12-10-15)14-30-24-27-21-19-7-2-3-8-20(19)26-22(21)23(29)28(24)18-6-4-5-17(25)13-18/h2-13,26H,14H2,1H3. The summed E-state index contributed by atoms with van der Waals surface area (Å²) < 4.78 is 1.64. The molecule has 0 spiro atoms. The number of aromatic amines is 1. The molecule has 0 bridgehead atoms. The summed E-state index contributed by atoms with van der Waals surface area (Å²) in [6, 6.07) is 23.5. The Morgan fingerprint density at radius 2 is 1.83 bits per heavy atom. The van der Waals surface area contributed by atoms with Crippen LogP contribution in [0.2, 0.25) is 5.02 Å². The first-order valence-corrected chi connectivity index (χ1v) is 10.9. The molecule has 0 unspecified atom stereocenters. The Morgan fingerprint density at radius 3 is 2.63 bits per heavy atom. The second-order valence-corrected chi connectivity index (χ2v) is 8.56. The fraction of sp³-hybridized carbons (Fsp3) is 0.0833. The minimum Gasteiger partial charge on any atom is -0.349 e. The lowest BCUT2D eigenvalue weighted by molar-refractivity contribution is 0.819. The highest BCUT2D eigenvalue weighted by Crippen LogP contribution is 2.28. The van der Waals surface area contributed by atoms with Gasteiger partial charge < -0.3 is 4.98 Å². The third-order valence-corrected chi connectivity index (χ3v) is 6.29. The SMILES string of the molecule is Cc1ccc(CSc2nc3c([nH]c4ccccc43)c(=O)n2-c2cccc(Cl)c2)cc1. The number of para-hydroxylation sites is 1. The first kappa shape index (κ1) is 19.0. The van der Waals surface area contributed by atoms with Crippen molar-refractivity contribution < 1.29 is 0 Å². The van der Waals surface area contributed by atoms with E-state index in [0.29, 0.717) is 32.7 Å². The largest absolute Gasteiger partial charge is 0.349 e. The van der Waals surface area contributed by atoms with Gasteiger partial charge in [0.2, 0.25) is 0 Å². The number of H-pyrrole nitrogens is 1. The maximum Gasteiger partial charge on any atom is 0.283 e. The average molecular weight is 432 g/mol. The fourth-order valence-corrected chi connectivity index (χ4v) is 4.66. The maximum absolute atomic E-state index is 13.5. The normalized spacial score (nSPS) is 11.4. The number of nitrogens with one attached hydrogen (secondary N) is 1. The average Bonchev–Trinajstić information content (AvgIpc) is 3.12. The van der Waals surface area contributed by atoms with E-state index in [2.05, 4.69) is 36.2 Å². The van der Waals surface area contributed by atoms with Crippen LogP contribution >= 0.6 is 23.4 Å². The van der Waals surface area contributed by atoms with Crippen molar-refractivity contribution in [3.8, 4) is 5.69 Å². The predicted molar refractivity (Wildman–Crippen MR) is 125 cm³/mol. The highest BCUT2D eigenvalue weighted by molar-refractivity contribution is 7.98. The minimum absolute atomic E-state index is 0.134. The van der Waals surface area contributed by atoms with Gasteiger partial charge in [-0.15, -0.1) is 0 Å². The highest BCUT2D eigenvalue weighted by atomic mass is 35.5. The summed E-state index contributed by atoms with van der Waals surface area (Å²) in [6.45, 7) is 2.07. The number of aryl methyl sites for hydroxylation is 1. The molecule has 0 amide bonds. The molecule has 1 N–H and O–H groups in total. The number of rotatable bonds is 4. The predicted octanol–water partition coefficient (Wildman–Crippen LogP) is 6.12. The quantitative estimate of drug-likeness (QED) is 0.275. The van der Waals surface area contributed by atoms with Gasteiger partial charge in [-0.05, 0) is 36.8 Å². The molecular formula is C24H18ClN3OS. The molecule has 2 aromatic heterocycles. The molecule has 4 nitrogen and oxygen atoms in total. The van der Waals surface area contributed by atoms with E-state index in [4.69, 9.17) is 16.6 Å². The first-order chi connectivity index (χ1) is 14.6. The van der Waals surface area contributed by atoms with Gasteiger partial charge in [-0.2, -0.15) is 0 Å². The number of fused-ring (bicyclic) bond motifs is 3. The molecule has 30 heavy (non-hydrogen) atoms. The van der Waals surface area contributed by atoms with Crippen LogP contribution in [0.3, 0.4) is 0 Å². The van der Waals surface area contributed by atoms with E-state index in [1.165, 1.54) is 11.1 Å². The maximum atomic E-state index is 13.5. The van der Waals surface area contributed by atoms with Crippen LogP contribution in [0.15, 0.2) is 82.7 Å². The van der Waals surface area contributed by atoms with Gasteiger partial charge in [0, 0.05) is 21.7 Å². The number of nitrogens with zero attached hydrogens (tertiary/aromatic N) is 2. The highest BCUT2D eigenvalue weighted by Gasteiger charge is 2.17. The van der Waals surface area contributed by atoms with E-state index in [1.54, 1.807) is 28.5 Å². The van der Waals surface area contributed by atoms with Crippen LogP contribution in [-0.2, 0) is 5.75 Å². The van der Waals surface area contributed by atoms with Crippen molar-refractivity contribution in [3.63, 3.8) is 0 Å². The lowest BCUT2D eigenvalue weighted by Gasteiger charge is -2.12. The van der Waals surface area contributed by atoms with Crippen LogP contribution in [0.4, 0.5) is 0 Å². The lowest BCUT2D eigenvalue weighted by Crippen LogP contribution is -2.21. The Hall–Kier alpha value is -3.02. The summed E-state index contributed by atoms with van der Waals surface area (Å²) in [4.78, 5) is 21.7. The molecule has 0 fully saturated rings. The molecule has 5 rings (SSSR count). The monoisotopic (exact) mass is 431 g/mol. The molecule has 6 heteroatoms. The molecular weight excluding hydrogens is 414 g/mol.